The van der Waals surface area contributed by atoms with Crippen LogP contribution in [-0.4, -0.2) is 109 Å². The zero-order chi connectivity index (χ0) is 41.1. The van der Waals surface area contributed by atoms with Crippen LogP contribution in [0.3, 0.4) is 0 Å². The summed E-state index contributed by atoms with van der Waals surface area (Å²) < 4.78 is 17.5. The molecule has 16 nitrogen and oxygen atoms in total. The quantitative estimate of drug-likeness (QED) is 0.0569. The number of oxime groups is 1. The van der Waals surface area contributed by atoms with Crippen LogP contribution < -0.4 is 24.2 Å². The molecule has 0 saturated carbocycles. The van der Waals surface area contributed by atoms with Gasteiger partial charge in [0.2, 0.25) is 0 Å². The Bertz CT molecular complexity index is 2140. The Morgan fingerprint density at radius 1 is 1.18 bits per heavy atom. The number of amides is 3. The third-order valence-corrected chi connectivity index (χ3v) is 11.5. The van der Waals surface area contributed by atoms with E-state index in [2.05, 4.69) is 30.4 Å². The van der Waals surface area contributed by atoms with Gasteiger partial charge in [-0.25, -0.2) is 14.3 Å². The van der Waals surface area contributed by atoms with E-state index in [1.807, 2.05) is 0 Å². The van der Waals surface area contributed by atoms with Gasteiger partial charge in [0, 0.05) is 32.8 Å². The lowest BCUT2D eigenvalue weighted by Gasteiger charge is -2.49. The molecule has 1 fully saturated rings. The van der Waals surface area contributed by atoms with E-state index in [1.165, 1.54) is 73.4 Å². The molecule has 2 N–H and O–H groups in total. The van der Waals surface area contributed by atoms with Crippen LogP contribution in [0.15, 0.2) is 52.7 Å². The molecule has 4 heterocycles. The summed E-state index contributed by atoms with van der Waals surface area (Å²) in [5, 5.41) is 10.9. The maximum Gasteiger partial charge on any atom is 0.378 e. The van der Waals surface area contributed by atoms with E-state index in [1.54, 1.807) is 36.4 Å². The number of thioether (sulfide) groups is 1. The Balaban J connectivity index is 1.34. The standard InChI is InChI=1S/C32H31B3ClN7O9P2S2/c1-15(44)32(3,4)52-41-23(20-13-55-16(2)38-20)28(46)40-24-29(47)43-25(31(48)49-33)17(12-56-30(24)43)10-42-11-18(9-37-14-42)39-27(45)19-7-8-21(50-53(5)34)26(22(19)36)51-54(6)35/h7-9,11,13-14,24,30H,10,12H2,1-6H3,(H-,39,40,45,46)/p+1/b41-23-/t24-,30-,53?,54?/m1/s1. The smallest absolute Gasteiger partial charge is 0.378 e. The van der Waals surface area contributed by atoms with Crippen LogP contribution in [0.5, 0.6) is 11.5 Å². The molecule has 56 heavy (non-hydrogen) atoms. The van der Waals surface area contributed by atoms with Crippen LogP contribution in [0.1, 0.15) is 41.8 Å². The molecule has 2 aliphatic heterocycles. The first-order valence-electron chi connectivity index (χ1n) is 16.3. The molecule has 3 aromatic rings. The number of benzene rings is 1. The molecule has 0 bridgehead atoms. The first-order chi connectivity index (χ1) is 26.4. The molecule has 1 aromatic carbocycles. The van der Waals surface area contributed by atoms with Gasteiger partial charge in [0.15, 0.2) is 49.9 Å². The number of β-lactam (4-membered cyclic amide) rings is 1. The molecule has 2 unspecified atom stereocenters. The number of halogens is 1. The molecular formula is C32H32B3ClN7O9P2S2+. The van der Waals surface area contributed by atoms with Gasteiger partial charge in [0.1, 0.15) is 41.2 Å². The van der Waals surface area contributed by atoms with Gasteiger partial charge in [-0.1, -0.05) is 21.7 Å². The van der Waals surface area contributed by atoms with Crippen LogP contribution in [0.2, 0.25) is 5.02 Å². The van der Waals surface area contributed by atoms with E-state index in [-0.39, 0.29) is 63.0 Å². The SMILES string of the molecule is [B]OC(=O)C1=C(C[n+]2cncc(NC(=O)c3ccc(OP([B])C)c(OP([B])C)c3Cl)c2)CS[C@@H]2[C@H](NC(=O)/C(=N\OC(C)(C)C(C)=O)c3csc(C)n3)C(=O)N12. The van der Waals surface area contributed by atoms with E-state index in [4.69, 9.17) is 48.7 Å². The van der Waals surface area contributed by atoms with Crippen molar-refractivity contribution in [2.24, 2.45) is 5.16 Å². The predicted molar refractivity (Wildman–Crippen MR) is 215 cm³/mol. The monoisotopic (exact) mass is 852 g/mol. The minimum atomic E-state index is -1.42. The van der Waals surface area contributed by atoms with Crippen LogP contribution in [0.25, 0.3) is 0 Å². The fraction of sp³-hybridized carbons (Fsp3) is 0.344. The van der Waals surface area contributed by atoms with Gasteiger partial charge >= 0.3 is 14.0 Å². The fourth-order valence-electron chi connectivity index (χ4n) is 5.14. The van der Waals surface area contributed by atoms with Gasteiger partial charge < -0.3 is 29.2 Å². The summed E-state index contributed by atoms with van der Waals surface area (Å²) in [6.45, 7) is 9.43. The highest BCUT2D eigenvalue weighted by Gasteiger charge is 2.55. The maximum atomic E-state index is 13.6. The van der Waals surface area contributed by atoms with E-state index in [0.29, 0.717) is 10.6 Å². The second-order valence-corrected chi connectivity index (χ2v) is 17.8. The zero-order valence-corrected chi connectivity index (χ0v) is 34.9. The lowest BCUT2D eigenvalue weighted by atomic mass is 10.0. The van der Waals surface area contributed by atoms with E-state index >= 15 is 0 Å². The number of anilines is 1. The Morgan fingerprint density at radius 3 is 2.52 bits per heavy atom. The van der Waals surface area contributed by atoms with Gasteiger partial charge in [0.05, 0.1) is 15.6 Å². The highest BCUT2D eigenvalue weighted by atomic mass is 35.5. The first kappa shape index (κ1) is 43.1. The average molecular weight is 853 g/mol. The lowest BCUT2D eigenvalue weighted by Crippen LogP contribution is -2.71. The van der Waals surface area contributed by atoms with Gasteiger partial charge in [-0.05, 0) is 53.2 Å². The molecular weight excluding hydrogens is 820 g/mol. The van der Waals surface area contributed by atoms with Crippen molar-refractivity contribution in [1.29, 1.82) is 0 Å². The van der Waals surface area contributed by atoms with Crippen LogP contribution in [0.4, 0.5) is 5.69 Å². The summed E-state index contributed by atoms with van der Waals surface area (Å²) in [6.07, 6.45) is 4.41. The highest BCUT2D eigenvalue weighted by molar-refractivity contribution is 8.00. The minimum absolute atomic E-state index is 0.0296. The summed E-state index contributed by atoms with van der Waals surface area (Å²) in [7, 11) is 14.3. The second-order valence-electron chi connectivity index (χ2n) is 12.7. The molecule has 6 radical (unpaired) electrons. The van der Waals surface area contributed by atoms with Crippen LogP contribution in [0, 0.1) is 6.92 Å². The number of rotatable bonds is 15. The fourth-order valence-corrected chi connectivity index (χ4v) is 8.33. The van der Waals surface area contributed by atoms with Crippen molar-refractivity contribution in [2.45, 2.75) is 51.3 Å². The van der Waals surface area contributed by atoms with Gasteiger partial charge in [-0.2, -0.15) is 0 Å². The number of fused-ring (bicyclic) bond motifs is 1. The van der Waals surface area contributed by atoms with E-state index in [0.717, 1.165) is 0 Å². The second kappa shape index (κ2) is 18.1. The maximum absolute atomic E-state index is 13.6. The number of aryl methyl sites for hydroxylation is 1. The number of thiazole rings is 1. The number of carbonyl (C=O) groups excluding carboxylic acids is 5. The van der Waals surface area contributed by atoms with Crippen molar-refractivity contribution in [1.82, 2.24) is 20.2 Å². The molecule has 1 saturated heterocycles. The van der Waals surface area contributed by atoms with Gasteiger partial charge in [-0.15, -0.1) is 23.1 Å². The minimum Gasteiger partial charge on any atom is -0.539 e. The number of hydrogen-bond acceptors (Lipinski definition) is 14. The summed E-state index contributed by atoms with van der Waals surface area (Å²) in [6, 6.07) is 1.90. The van der Waals surface area contributed by atoms with Crippen molar-refractivity contribution in [3.05, 3.63) is 68.8 Å². The van der Waals surface area contributed by atoms with Crippen molar-refractivity contribution < 1.29 is 47.1 Å². The van der Waals surface area contributed by atoms with Gasteiger partial charge in [-0.3, -0.25) is 24.1 Å². The Morgan fingerprint density at radius 2 is 1.89 bits per heavy atom. The number of hydrogen-bond donors (Lipinski definition) is 2. The highest BCUT2D eigenvalue weighted by Crippen LogP contribution is 2.47. The van der Waals surface area contributed by atoms with E-state index < -0.39 is 56.8 Å². The van der Waals surface area contributed by atoms with Crippen molar-refractivity contribution in [2.75, 3.05) is 24.4 Å². The molecule has 0 aliphatic carbocycles. The normalized spacial score (nSPS) is 17.9. The number of aromatic nitrogens is 3. The summed E-state index contributed by atoms with van der Waals surface area (Å²) in [5.41, 5.74) is -0.701. The lowest BCUT2D eigenvalue weighted by molar-refractivity contribution is -0.691. The Hall–Kier alpha value is -4.02. The molecule has 4 atom stereocenters. The first-order valence-corrected chi connectivity index (χ1v) is 22.2. The topological polar surface area (TPSA) is 192 Å². The van der Waals surface area contributed by atoms with Gasteiger partial charge in [0.25, 0.3) is 24.0 Å². The summed E-state index contributed by atoms with van der Waals surface area (Å²) >= 11 is 9.13. The van der Waals surface area contributed by atoms with Crippen molar-refractivity contribution in [3.8, 4) is 11.5 Å². The zero-order valence-electron chi connectivity index (χ0n) is 30.8. The third-order valence-electron chi connectivity index (χ3n) is 8.07. The number of nitrogens with one attached hydrogen (secondary N) is 2. The van der Waals surface area contributed by atoms with Crippen LogP contribution >= 0.6 is 50.8 Å². The Labute approximate surface area is 341 Å². The molecule has 2 aromatic heterocycles. The molecule has 0 spiro atoms. The molecule has 5 rings (SSSR count). The number of carbonyl (C=O) groups is 5. The van der Waals surface area contributed by atoms with E-state index in [9.17, 15) is 24.0 Å². The average Bonchev–Trinajstić information content (AvgIpc) is 3.56. The number of Topliss-reactive ketones (excluding diaryl/α,β-unsaturated/α-hetero) is 1. The molecule has 286 valence electrons. The van der Waals surface area contributed by atoms with Crippen molar-refractivity contribution >= 4 is 115 Å². The predicted octanol–water partition coefficient (Wildman–Crippen LogP) is 3.09. The number of nitrogens with zero attached hydrogens (tertiary/aromatic N) is 5. The molecule has 24 heteroatoms. The largest absolute Gasteiger partial charge is 0.539 e. The summed E-state index contributed by atoms with van der Waals surface area (Å²) in [5.74, 6) is -2.73. The third kappa shape index (κ3) is 9.74. The summed E-state index contributed by atoms with van der Waals surface area (Å²) in [4.78, 5) is 80.8. The number of ketones is 1. The molecule has 2 aliphatic rings. The molecule has 3 amide bonds. The Kier molecular flexibility index (Phi) is 13.9. The van der Waals surface area contributed by atoms with Crippen LogP contribution in [-0.2, 0) is 35.2 Å². The van der Waals surface area contributed by atoms with Crippen molar-refractivity contribution in [3.63, 3.8) is 0 Å².